The summed E-state index contributed by atoms with van der Waals surface area (Å²) >= 11 is 0. The zero-order chi connectivity index (χ0) is 15.8. The van der Waals surface area contributed by atoms with Gasteiger partial charge in [0.05, 0.1) is 18.9 Å². The number of alkyl halides is 3. The van der Waals surface area contributed by atoms with Crippen molar-refractivity contribution in [1.29, 1.82) is 0 Å². The van der Waals surface area contributed by atoms with Crippen LogP contribution in [0.5, 0.6) is 0 Å². The number of ether oxygens (including phenoxy) is 1. The topological polar surface area (TPSA) is 68.9 Å². The fraction of sp³-hybridized carbons (Fsp3) is 0.222. The Morgan fingerprint density at radius 1 is 1.00 bits per heavy atom. The van der Waals surface area contributed by atoms with E-state index in [-0.39, 0.29) is 17.1 Å². The van der Waals surface area contributed by atoms with Crippen molar-refractivity contribution in [2.45, 2.75) is 6.18 Å². The Hall–Kier alpha value is -0.651. The van der Waals surface area contributed by atoms with E-state index in [4.69, 9.17) is 14.0 Å². The summed E-state index contributed by atoms with van der Waals surface area (Å²) in [6.07, 6.45) is -7.74. The Balaban J connectivity index is -0.0000000816. The normalized spacial score (nSPS) is 8.53. The monoisotopic (exact) mass is 328 g/mol. The summed E-state index contributed by atoms with van der Waals surface area (Å²) in [6, 6.07) is 0. The number of hydrogen-bond acceptors (Lipinski definition) is 1. The van der Waals surface area contributed by atoms with E-state index in [0.29, 0.717) is 6.61 Å². The minimum Gasteiger partial charge on any atom is 0 e. The van der Waals surface area contributed by atoms with Crippen molar-refractivity contribution in [2.75, 3.05) is 7.11 Å². The third kappa shape index (κ3) is 31.7. The fourth-order valence-corrected chi connectivity index (χ4v) is 0.436. The molecule has 0 atom stereocenters. The van der Waals surface area contributed by atoms with Crippen LogP contribution >= 0.6 is 0 Å². The molecule has 4 radical (unpaired) electrons. The molecular weight excluding hydrogens is 323 g/mol. The fourth-order valence-electron chi connectivity index (χ4n) is 0.436. The quantitative estimate of drug-likeness (QED) is 0.338. The number of methoxy groups -OCH3 is 1. The summed E-state index contributed by atoms with van der Waals surface area (Å²) < 4.78 is 84.3. The molecule has 0 aromatic carbocycles. The Labute approximate surface area is 117 Å². The van der Waals surface area contributed by atoms with Crippen LogP contribution in [-0.2, 0) is 35.8 Å². The van der Waals surface area contributed by atoms with Crippen molar-refractivity contribution in [3.8, 4) is 0 Å². The molecule has 10 heteroatoms. The molecule has 0 amide bonds. The van der Waals surface area contributed by atoms with E-state index in [1.165, 1.54) is 0 Å². The standard InChI is InChI=1S/C6H5F5O.3CO.Fe/c1-12-3-4(5(7)8)2-6(9,10)11;3*1-2;/h2-3H,1H3;;;;. The molecule has 0 N–H and O–H groups in total. The van der Waals surface area contributed by atoms with Gasteiger partial charge in [-0.2, -0.15) is 22.0 Å². The van der Waals surface area contributed by atoms with Gasteiger partial charge in [-0.1, -0.05) is 0 Å². The van der Waals surface area contributed by atoms with Crippen molar-refractivity contribution < 1.29 is 57.7 Å². The van der Waals surface area contributed by atoms with Gasteiger partial charge >= 0.3 is 46.5 Å². The van der Waals surface area contributed by atoms with Crippen molar-refractivity contribution in [2.24, 2.45) is 0 Å². The molecule has 0 rings (SSSR count). The summed E-state index contributed by atoms with van der Waals surface area (Å²) in [5.74, 6) is -1.27. The Morgan fingerprint density at radius 2 is 1.32 bits per heavy atom. The minimum atomic E-state index is -4.77. The Kier molecular flexibility index (Phi) is 36.7. The van der Waals surface area contributed by atoms with Gasteiger partial charge < -0.3 is 4.74 Å². The molecule has 0 heterocycles. The number of hydrogen-bond donors (Lipinski definition) is 0. The minimum absolute atomic E-state index is 0. The molecule has 0 aliphatic carbocycles. The average molecular weight is 328 g/mol. The first-order chi connectivity index (χ1) is 8.37. The molecule has 0 aliphatic heterocycles. The maximum absolute atomic E-state index is 11.7. The van der Waals surface area contributed by atoms with Gasteiger partial charge in [0, 0.05) is 24.2 Å². The maximum atomic E-state index is 11.7. The SMILES string of the molecule is CO[CH][C]([CH]C(F)(F)F)[C](F)F.[C-]#[O+].[C-]#[O+].[C-]#[O+].[Fe]. The molecule has 0 aromatic heterocycles. The Bertz CT molecular complexity index is 213. The van der Waals surface area contributed by atoms with Crippen LogP contribution in [0.2, 0.25) is 0 Å². The van der Waals surface area contributed by atoms with E-state index in [0.717, 1.165) is 7.11 Å². The zero-order valence-electron chi connectivity index (χ0n) is 9.03. The molecule has 0 bridgehead atoms. The summed E-state index contributed by atoms with van der Waals surface area (Å²) in [7, 11) is 0.979. The average Bonchev–Trinajstić information content (AvgIpc) is 2.34. The van der Waals surface area contributed by atoms with Crippen LogP contribution in [-0.4, -0.2) is 13.3 Å². The van der Waals surface area contributed by atoms with Crippen LogP contribution in [0.3, 0.4) is 0 Å². The molecule has 4 nitrogen and oxygen atoms in total. The summed E-state index contributed by atoms with van der Waals surface area (Å²) in [4.78, 5) is 0. The molecule has 19 heavy (non-hydrogen) atoms. The summed E-state index contributed by atoms with van der Waals surface area (Å²) in [5, 5.41) is 0. The zero-order valence-corrected chi connectivity index (χ0v) is 10.1. The molecule has 0 spiro atoms. The van der Waals surface area contributed by atoms with Gasteiger partial charge in [0.1, 0.15) is 0 Å². The van der Waals surface area contributed by atoms with Gasteiger partial charge in [-0.05, 0) is 0 Å². The van der Waals surface area contributed by atoms with Gasteiger partial charge in [0.25, 0.3) is 0 Å². The molecule has 0 unspecified atom stereocenters. The first kappa shape index (κ1) is 31.0. The second kappa shape index (κ2) is 22.5. The van der Waals surface area contributed by atoms with Gasteiger partial charge in [-0.25, -0.2) is 0 Å². The van der Waals surface area contributed by atoms with E-state index in [1.54, 1.807) is 0 Å². The van der Waals surface area contributed by atoms with E-state index < -0.39 is 24.9 Å². The predicted molar refractivity (Wildman–Crippen MR) is 42.2 cm³/mol. The molecule has 108 valence electrons. The molecule has 0 aliphatic rings. The van der Waals surface area contributed by atoms with Gasteiger partial charge in [0.2, 0.25) is 0 Å². The first-order valence-electron chi connectivity index (χ1n) is 3.32. The molecule has 0 saturated carbocycles. The molecule has 0 aromatic rings. The van der Waals surface area contributed by atoms with Gasteiger partial charge in [-0.3, -0.25) is 0 Å². The maximum Gasteiger partial charge on any atom is 0 e. The smallest absolute Gasteiger partial charge is 0 e. The van der Waals surface area contributed by atoms with Crippen LogP contribution < -0.4 is 0 Å². The van der Waals surface area contributed by atoms with E-state index >= 15 is 0 Å². The van der Waals surface area contributed by atoms with Crippen LogP contribution in [0.15, 0.2) is 0 Å². The summed E-state index contributed by atoms with van der Waals surface area (Å²) in [6.45, 7) is 13.8. The summed E-state index contributed by atoms with van der Waals surface area (Å²) in [5.41, 5.74) is 0. The van der Waals surface area contributed by atoms with Crippen molar-refractivity contribution >= 4 is 0 Å². The second-order valence-corrected chi connectivity index (χ2v) is 1.76. The molecule has 0 fully saturated rings. The second-order valence-electron chi connectivity index (χ2n) is 1.76. The Morgan fingerprint density at radius 3 is 1.47 bits per heavy atom. The van der Waals surface area contributed by atoms with Crippen LogP contribution in [0.4, 0.5) is 22.0 Å². The first-order valence-corrected chi connectivity index (χ1v) is 3.32. The van der Waals surface area contributed by atoms with Crippen LogP contribution in [0, 0.1) is 45.3 Å². The number of halogens is 5. The van der Waals surface area contributed by atoms with Crippen molar-refractivity contribution in [1.82, 2.24) is 0 Å². The van der Waals surface area contributed by atoms with Crippen molar-refractivity contribution in [3.05, 3.63) is 45.3 Å². The number of rotatable bonds is 4. The van der Waals surface area contributed by atoms with Crippen molar-refractivity contribution in [3.63, 3.8) is 0 Å². The van der Waals surface area contributed by atoms with E-state index in [1.807, 2.05) is 0 Å². The van der Waals surface area contributed by atoms with E-state index in [9.17, 15) is 22.0 Å². The largest absolute Gasteiger partial charge is 0 e. The molecule has 0 saturated heterocycles. The van der Waals surface area contributed by atoms with Crippen LogP contribution in [0.1, 0.15) is 0 Å². The third-order valence-corrected chi connectivity index (χ3v) is 0.782. The van der Waals surface area contributed by atoms with Gasteiger partial charge in [0.15, 0.2) is 0 Å². The third-order valence-electron chi connectivity index (χ3n) is 0.782. The van der Waals surface area contributed by atoms with Crippen LogP contribution in [0.25, 0.3) is 0 Å². The van der Waals surface area contributed by atoms with Gasteiger partial charge in [-0.15, -0.1) is 0 Å². The molecular formula is C9H5F5FeO4. The predicted octanol–water partition coefficient (Wildman–Crippen LogP) is 2.45. The van der Waals surface area contributed by atoms with E-state index in [2.05, 4.69) is 24.7 Å².